The zero-order valence-electron chi connectivity index (χ0n) is 15.3. The molecule has 1 heterocycles. The predicted octanol–water partition coefficient (Wildman–Crippen LogP) is 4.47. The van der Waals surface area contributed by atoms with Crippen LogP contribution >= 0.6 is 0 Å². The van der Waals surface area contributed by atoms with Crippen LogP contribution in [-0.4, -0.2) is 14.9 Å². The first-order chi connectivity index (χ1) is 13.7. The highest BCUT2D eigenvalue weighted by molar-refractivity contribution is 5.60. The number of nitrogen functional groups attached to an aromatic ring is 1. The average Bonchev–Trinajstić information content (AvgIpc) is 3.12. The lowest BCUT2D eigenvalue weighted by atomic mass is 10.1. The fourth-order valence-electron chi connectivity index (χ4n) is 3.04. The van der Waals surface area contributed by atoms with Crippen molar-refractivity contribution in [1.82, 2.24) is 9.78 Å². The molecular weight excluding hydrogens is 350 g/mol. The highest BCUT2D eigenvalue weighted by atomic mass is 16.5. The Bertz CT molecular complexity index is 1060. The van der Waals surface area contributed by atoms with Crippen LogP contribution in [0.25, 0.3) is 11.3 Å². The van der Waals surface area contributed by atoms with Crippen LogP contribution in [0.1, 0.15) is 11.3 Å². The van der Waals surface area contributed by atoms with Gasteiger partial charge < -0.3 is 15.6 Å². The van der Waals surface area contributed by atoms with E-state index in [1.807, 2.05) is 84.9 Å². The summed E-state index contributed by atoms with van der Waals surface area (Å²) in [5, 5.41) is 14.4. The van der Waals surface area contributed by atoms with Crippen molar-refractivity contribution < 1.29 is 9.84 Å². The number of aromatic nitrogens is 2. The lowest BCUT2D eigenvalue weighted by Crippen LogP contribution is -2.06. The molecule has 3 N–H and O–H groups in total. The van der Waals surface area contributed by atoms with Gasteiger partial charge in [-0.3, -0.25) is 4.68 Å². The van der Waals surface area contributed by atoms with Gasteiger partial charge in [-0.05, 0) is 60.2 Å². The van der Waals surface area contributed by atoms with Crippen molar-refractivity contribution in [3.63, 3.8) is 0 Å². The van der Waals surface area contributed by atoms with E-state index in [1.165, 1.54) is 0 Å². The van der Waals surface area contributed by atoms with E-state index in [-0.39, 0.29) is 6.61 Å². The van der Waals surface area contributed by atoms with E-state index < -0.39 is 0 Å². The normalized spacial score (nSPS) is 10.8. The standard InChI is InChI=1S/C23H21N3O2/c24-19-6-4-5-17(13-19)15-26-20(16-27)14-23(25-26)18-9-11-22(12-10-18)28-21-7-2-1-3-8-21/h1-14,27H,15-16,24H2. The monoisotopic (exact) mass is 371 g/mol. The fraction of sp³-hybridized carbons (Fsp3) is 0.0870. The van der Waals surface area contributed by atoms with Gasteiger partial charge in [0.15, 0.2) is 0 Å². The molecule has 1 aromatic heterocycles. The summed E-state index contributed by atoms with van der Waals surface area (Å²) in [6.07, 6.45) is 0. The largest absolute Gasteiger partial charge is 0.457 e. The SMILES string of the molecule is Nc1cccc(Cn2nc(-c3ccc(Oc4ccccc4)cc3)cc2CO)c1. The number of hydrogen-bond donors (Lipinski definition) is 2. The maximum absolute atomic E-state index is 9.71. The number of ether oxygens (including phenoxy) is 1. The smallest absolute Gasteiger partial charge is 0.127 e. The number of para-hydroxylation sites is 1. The van der Waals surface area contributed by atoms with Gasteiger partial charge in [0.25, 0.3) is 0 Å². The summed E-state index contributed by atoms with van der Waals surface area (Å²) < 4.78 is 7.64. The molecule has 0 atom stereocenters. The number of rotatable bonds is 6. The Morgan fingerprint density at radius 2 is 1.61 bits per heavy atom. The van der Waals surface area contributed by atoms with Crippen LogP contribution in [0.5, 0.6) is 11.5 Å². The Balaban J connectivity index is 1.55. The van der Waals surface area contributed by atoms with Crippen molar-refractivity contribution >= 4 is 5.69 Å². The van der Waals surface area contributed by atoms with Crippen molar-refractivity contribution in [2.75, 3.05) is 5.73 Å². The second kappa shape index (κ2) is 7.98. The zero-order valence-corrected chi connectivity index (χ0v) is 15.3. The van der Waals surface area contributed by atoms with Crippen LogP contribution < -0.4 is 10.5 Å². The number of benzene rings is 3. The van der Waals surface area contributed by atoms with Gasteiger partial charge in [-0.25, -0.2) is 0 Å². The highest BCUT2D eigenvalue weighted by Crippen LogP contribution is 2.26. The molecule has 4 rings (SSSR count). The summed E-state index contributed by atoms with van der Waals surface area (Å²) in [6.45, 7) is 0.473. The van der Waals surface area contributed by atoms with Gasteiger partial charge in [0.2, 0.25) is 0 Å². The van der Waals surface area contributed by atoms with E-state index in [4.69, 9.17) is 10.5 Å². The number of anilines is 1. The van der Waals surface area contributed by atoms with Gasteiger partial charge in [0.05, 0.1) is 24.5 Å². The van der Waals surface area contributed by atoms with E-state index in [0.29, 0.717) is 12.2 Å². The third-order valence-corrected chi connectivity index (χ3v) is 4.44. The molecule has 0 saturated heterocycles. The molecule has 0 saturated carbocycles. The summed E-state index contributed by atoms with van der Waals surface area (Å²) in [5.41, 5.74) is 10.1. The second-order valence-electron chi connectivity index (χ2n) is 6.52. The van der Waals surface area contributed by atoms with E-state index in [0.717, 1.165) is 34.0 Å². The lowest BCUT2D eigenvalue weighted by molar-refractivity contribution is 0.269. The first kappa shape index (κ1) is 17.8. The van der Waals surface area contributed by atoms with Gasteiger partial charge in [-0.1, -0.05) is 30.3 Å². The third kappa shape index (κ3) is 4.05. The molecule has 140 valence electrons. The number of nitrogens with two attached hydrogens (primary N) is 1. The molecular formula is C23H21N3O2. The third-order valence-electron chi connectivity index (χ3n) is 4.44. The maximum atomic E-state index is 9.71. The summed E-state index contributed by atoms with van der Waals surface area (Å²) in [7, 11) is 0. The molecule has 5 heteroatoms. The Hall–Kier alpha value is -3.57. The number of hydrogen-bond acceptors (Lipinski definition) is 4. The van der Waals surface area contributed by atoms with Gasteiger partial charge >= 0.3 is 0 Å². The summed E-state index contributed by atoms with van der Waals surface area (Å²) in [4.78, 5) is 0. The average molecular weight is 371 g/mol. The number of nitrogens with zero attached hydrogens (tertiary/aromatic N) is 2. The zero-order chi connectivity index (χ0) is 19.3. The Kier molecular flexibility index (Phi) is 5.08. The molecule has 0 aliphatic rings. The Labute approximate surface area is 163 Å². The molecule has 4 aromatic rings. The molecule has 0 aliphatic carbocycles. The minimum Gasteiger partial charge on any atom is -0.457 e. The molecule has 0 fully saturated rings. The summed E-state index contributed by atoms with van der Waals surface area (Å²) >= 11 is 0. The molecule has 0 unspecified atom stereocenters. The minimum atomic E-state index is -0.0789. The van der Waals surface area contributed by atoms with Crippen LogP contribution in [-0.2, 0) is 13.2 Å². The van der Waals surface area contributed by atoms with Crippen molar-refractivity contribution in [2.45, 2.75) is 13.2 Å². The first-order valence-electron chi connectivity index (χ1n) is 9.06. The molecule has 5 nitrogen and oxygen atoms in total. The quantitative estimate of drug-likeness (QED) is 0.491. The van der Waals surface area contributed by atoms with Crippen LogP contribution in [0.2, 0.25) is 0 Å². The van der Waals surface area contributed by atoms with Crippen LogP contribution in [0, 0.1) is 0 Å². The predicted molar refractivity (Wildman–Crippen MR) is 110 cm³/mol. The Morgan fingerprint density at radius 1 is 0.857 bits per heavy atom. The maximum Gasteiger partial charge on any atom is 0.127 e. The number of aliphatic hydroxyl groups excluding tert-OH is 1. The minimum absolute atomic E-state index is 0.0789. The Morgan fingerprint density at radius 3 is 2.32 bits per heavy atom. The molecule has 28 heavy (non-hydrogen) atoms. The summed E-state index contributed by atoms with van der Waals surface area (Å²) in [5.74, 6) is 1.56. The van der Waals surface area contributed by atoms with Gasteiger partial charge in [-0.15, -0.1) is 0 Å². The number of aliphatic hydroxyl groups is 1. The van der Waals surface area contributed by atoms with E-state index in [1.54, 1.807) is 4.68 Å². The van der Waals surface area contributed by atoms with Crippen molar-refractivity contribution in [3.8, 4) is 22.8 Å². The van der Waals surface area contributed by atoms with Crippen LogP contribution in [0.4, 0.5) is 5.69 Å². The summed E-state index contributed by atoms with van der Waals surface area (Å²) in [6, 6.07) is 27.0. The van der Waals surface area contributed by atoms with E-state index in [2.05, 4.69) is 5.10 Å². The van der Waals surface area contributed by atoms with Crippen molar-refractivity contribution in [3.05, 3.63) is 96.2 Å². The van der Waals surface area contributed by atoms with E-state index in [9.17, 15) is 5.11 Å². The van der Waals surface area contributed by atoms with Gasteiger partial charge in [0, 0.05) is 11.3 Å². The van der Waals surface area contributed by atoms with Crippen LogP contribution in [0.3, 0.4) is 0 Å². The second-order valence-corrected chi connectivity index (χ2v) is 6.52. The van der Waals surface area contributed by atoms with Crippen molar-refractivity contribution in [1.29, 1.82) is 0 Å². The molecule has 0 bridgehead atoms. The molecule has 0 radical (unpaired) electrons. The van der Waals surface area contributed by atoms with Gasteiger partial charge in [-0.2, -0.15) is 5.10 Å². The highest BCUT2D eigenvalue weighted by Gasteiger charge is 2.10. The van der Waals surface area contributed by atoms with Crippen LogP contribution in [0.15, 0.2) is 84.9 Å². The van der Waals surface area contributed by atoms with Crippen molar-refractivity contribution in [2.24, 2.45) is 0 Å². The molecule has 3 aromatic carbocycles. The topological polar surface area (TPSA) is 73.3 Å². The first-order valence-corrected chi connectivity index (χ1v) is 9.06. The van der Waals surface area contributed by atoms with Gasteiger partial charge in [0.1, 0.15) is 11.5 Å². The molecule has 0 spiro atoms. The fourth-order valence-corrected chi connectivity index (χ4v) is 3.04. The lowest BCUT2D eigenvalue weighted by Gasteiger charge is -2.07. The molecule has 0 amide bonds. The molecule has 0 aliphatic heterocycles. The van der Waals surface area contributed by atoms with E-state index >= 15 is 0 Å².